The molecule has 2 N–H and O–H groups in total. The second-order valence-electron chi connectivity index (χ2n) is 7.44. The Hall–Kier alpha value is -3.02. The Morgan fingerprint density at radius 2 is 1.74 bits per heavy atom. The van der Waals surface area contributed by atoms with Gasteiger partial charge in [0.25, 0.3) is 0 Å². The first-order valence-electron chi connectivity index (χ1n) is 10.4. The molecule has 0 radical (unpaired) electrons. The number of piperidine rings is 1. The summed E-state index contributed by atoms with van der Waals surface area (Å²) in [5.41, 5.74) is 3.50. The average molecular weight is 437 g/mol. The molecule has 3 aromatic carbocycles. The van der Waals surface area contributed by atoms with Gasteiger partial charge < -0.3 is 14.8 Å². The lowest BCUT2D eigenvalue weighted by atomic mass is 10.0. The molecule has 5 nitrogen and oxygen atoms in total. The largest absolute Gasteiger partial charge is 0.487 e. The second kappa shape index (κ2) is 10.3. The molecule has 0 saturated carbocycles. The molecule has 160 valence electrons. The molecule has 31 heavy (non-hydrogen) atoms. The minimum absolute atomic E-state index is 0.0519. The Labute approximate surface area is 187 Å². The summed E-state index contributed by atoms with van der Waals surface area (Å²) in [5.74, 6) is 0.616. The summed E-state index contributed by atoms with van der Waals surface area (Å²) in [7, 11) is 0. The molecule has 1 heterocycles. The minimum Gasteiger partial charge on any atom is -0.487 e. The molecule has 1 aliphatic heterocycles. The molecule has 0 bridgehead atoms. The van der Waals surface area contributed by atoms with Gasteiger partial charge in [0.1, 0.15) is 18.5 Å². The van der Waals surface area contributed by atoms with Crippen LogP contribution in [0.25, 0.3) is 11.1 Å². The lowest BCUT2D eigenvalue weighted by Gasteiger charge is -2.23. The number of anilines is 1. The van der Waals surface area contributed by atoms with Crippen molar-refractivity contribution in [2.75, 3.05) is 18.4 Å². The van der Waals surface area contributed by atoms with Gasteiger partial charge in [-0.3, -0.25) is 5.32 Å². The van der Waals surface area contributed by atoms with Crippen molar-refractivity contribution < 1.29 is 14.3 Å². The number of ether oxygens (including phenoxy) is 2. The third-order valence-corrected chi connectivity index (χ3v) is 5.50. The fourth-order valence-electron chi connectivity index (χ4n) is 3.57. The van der Waals surface area contributed by atoms with E-state index in [4.69, 9.17) is 21.1 Å². The predicted octanol–water partition coefficient (Wildman–Crippen LogP) is 5.89. The standard InChI is InChI=1S/C25H25ClN2O3/c26-22-16-19(10-11-24(22)30-17-18-6-2-1-3-7-18)21-8-4-5-9-23(21)28-25(29)31-20-12-14-27-15-13-20/h1-11,16,20,27H,12-15,17H2,(H,28,29). The quantitative estimate of drug-likeness (QED) is 0.506. The highest BCUT2D eigenvalue weighted by molar-refractivity contribution is 6.32. The maximum atomic E-state index is 12.4. The van der Waals surface area contributed by atoms with Gasteiger partial charge >= 0.3 is 6.09 Å². The number of halogens is 1. The molecule has 1 saturated heterocycles. The van der Waals surface area contributed by atoms with Crippen molar-refractivity contribution >= 4 is 23.4 Å². The molecule has 1 fully saturated rings. The Balaban J connectivity index is 1.45. The molecular formula is C25H25ClN2O3. The first-order valence-corrected chi connectivity index (χ1v) is 10.8. The molecule has 0 aliphatic carbocycles. The number of benzene rings is 3. The summed E-state index contributed by atoms with van der Waals surface area (Å²) in [6.45, 7) is 2.18. The van der Waals surface area contributed by atoms with E-state index in [-0.39, 0.29) is 6.10 Å². The molecule has 0 spiro atoms. The van der Waals surface area contributed by atoms with Gasteiger partial charge in [-0.25, -0.2) is 4.79 Å². The molecule has 3 aromatic rings. The number of hydrogen-bond donors (Lipinski definition) is 2. The summed E-state index contributed by atoms with van der Waals surface area (Å²) in [4.78, 5) is 12.4. The van der Waals surface area contributed by atoms with Crippen molar-refractivity contribution in [1.82, 2.24) is 5.32 Å². The molecular weight excluding hydrogens is 412 g/mol. The van der Waals surface area contributed by atoms with E-state index in [2.05, 4.69) is 10.6 Å². The predicted molar refractivity (Wildman–Crippen MR) is 124 cm³/mol. The van der Waals surface area contributed by atoms with Gasteiger partial charge in [0.2, 0.25) is 0 Å². The Morgan fingerprint density at radius 1 is 1.00 bits per heavy atom. The van der Waals surface area contributed by atoms with E-state index >= 15 is 0 Å². The molecule has 1 amide bonds. The highest BCUT2D eigenvalue weighted by atomic mass is 35.5. The number of carbonyl (C=O) groups excluding carboxylic acids is 1. The maximum absolute atomic E-state index is 12.4. The third kappa shape index (κ3) is 5.78. The fraction of sp³-hybridized carbons (Fsp3) is 0.240. The van der Waals surface area contributed by atoms with Gasteiger partial charge in [-0.15, -0.1) is 0 Å². The summed E-state index contributed by atoms with van der Waals surface area (Å²) < 4.78 is 11.4. The van der Waals surface area contributed by atoms with Crippen molar-refractivity contribution in [3.8, 4) is 16.9 Å². The van der Waals surface area contributed by atoms with Crippen molar-refractivity contribution in [1.29, 1.82) is 0 Å². The maximum Gasteiger partial charge on any atom is 0.411 e. The first kappa shape index (κ1) is 21.2. The van der Waals surface area contributed by atoms with E-state index < -0.39 is 6.09 Å². The van der Waals surface area contributed by atoms with Crippen LogP contribution in [0.5, 0.6) is 5.75 Å². The van der Waals surface area contributed by atoms with Gasteiger partial charge in [-0.1, -0.05) is 66.2 Å². The van der Waals surface area contributed by atoms with Gasteiger partial charge in [-0.2, -0.15) is 0 Å². The minimum atomic E-state index is -0.437. The SMILES string of the molecule is O=C(Nc1ccccc1-c1ccc(OCc2ccccc2)c(Cl)c1)OC1CCNCC1. The van der Waals surface area contributed by atoms with Gasteiger partial charge in [0, 0.05) is 5.56 Å². The summed E-state index contributed by atoms with van der Waals surface area (Å²) >= 11 is 6.49. The lowest BCUT2D eigenvalue weighted by Crippen LogP contribution is -2.34. The number of amides is 1. The number of rotatable bonds is 6. The van der Waals surface area contributed by atoms with Gasteiger partial charge in [0.15, 0.2) is 0 Å². The van der Waals surface area contributed by atoms with Crippen LogP contribution in [-0.2, 0) is 11.3 Å². The van der Waals surface area contributed by atoms with Crippen molar-refractivity contribution in [2.24, 2.45) is 0 Å². The zero-order valence-corrected chi connectivity index (χ0v) is 17.9. The summed E-state index contributed by atoms with van der Waals surface area (Å²) in [6, 6.07) is 23.2. The van der Waals surface area contributed by atoms with E-state index in [0.29, 0.717) is 23.1 Å². The zero-order valence-electron chi connectivity index (χ0n) is 17.1. The van der Waals surface area contributed by atoms with E-state index in [1.165, 1.54) is 0 Å². The van der Waals surface area contributed by atoms with E-state index in [0.717, 1.165) is 42.6 Å². The van der Waals surface area contributed by atoms with Crippen LogP contribution < -0.4 is 15.4 Å². The van der Waals surface area contributed by atoms with Crippen LogP contribution in [0.2, 0.25) is 5.02 Å². The fourth-order valence-corrected chi connectivity index (χ4v) is 3.80. The highest BCUT2D eigenvalue weighted by Crippen LogP contribution is 2.34. The topological polar surface area (TPSA) is 59.6 Å². The van der Waals surface area contributed by atoms with Crippen molar-refractivity contribution in [3.63, 3.8) is 0 Å². The number of nitrogens with one attached hydrogen (secondary N) is 2. The first-order chi connectivity index (χ1) is 15.2. The molecule has 0 unspecified atom stereocenters. The summed E-state index contributed by atoms with van der Waals surface area (Å²) in [6.07, 6.45) is 1.17. The zero-order chi connectivity index (χ0) is 21.5. The number of hydrogen-bond acceptors (Lipinski definition) is 4. The van der Waals surface area contributed by atoms with Crippen LogP contribution >= 0.6 is 11.6 Å². The normalized spacial score (nSPS) is 14.1. The van der Waals surface area contributed by atoms with Crippen molar-refractivity contribution in [2.45, 2.75) is 25.6 Å². The summed E-state index contributed by atoms with van der Waals surface area (Å²) in [5, 5.41) is 6.66. The molecule has 0 atom stereocenters. The Morgan fingerprint density at radius 3 is 2.52 bits per heavy atom. The van der Waals surface area contributed by atoms with Crippen LogP contribution in [-0.4, -0.2) is 25.3 Å². The van der Waals surface area contributed by atoms with E-state index in [1.54, 1.807) is 0 Å². The average Bonchev–Trinajstić information content (AvgIpc) is 2.80. The second-order valence-corrected chi connectivity index (χ2v) is 7.85. The van der Waals surface area contributed by atoms with Crippen LogP contribution in [0.3, 0.4) is 0 Å². The third-order valence-electron chi connectivity index (χ3n) is 5.20. The number of carbonyl (C=O) groups is 1. The van der Waals surface area contributed by atoms with Gasteiger partial charge in [-0.05, 0) is 55.3 Å². The van der Waals surface area contributed by atoms with Crippen molar-refractivity contribution in [3.05, 3.63) is 83.4 Å². The Kier molecular flexibility index (Phi) is 7.07. The molecule has 0 aromatic heterocycles. The van der Waals surface area contributed by atoms with Crippen LogP contribution in [0.15, 0.2) is 72.8 Å². The van der Waals surface area contributed by atoms with Crippen LogP contribution in [0.1, 0.15) is 18.4 Å². The molecule has 6 heteroatoms. The monoisotopic (exact) mass is 436 g/mol. The molecule has 4 rings (SSSR count). The van der Waals surface area contributed by atoms with E-state index in [9.17, 15) is 4.79 Å². The van der Waals surface area contributed by atoms with Gasteiger partial charge in [0.05, 0.1) is 10.7 Å². The van der Waals surface area contributed by atoms with Crippen LogP contribution in [0, 0.1) is 0 Å². The Bertz CT molecular complexity index is 1020. The molecule has 1 aliphatic rings. The van der Waals surface area contributed by atoms with Crippen LogP contribution in [0.4, 0.5) is 10.5 Å². The smallest absolute Gasteiger partial charge is 0.411 e. The number of para-hydroxylation sites is 1. The van der Waals surface area contributed by atoms with E-state index in [1.807, 2.05) is 72.8 Å². The lowest BCUT2D eigenvalue weighted by molar-refractivity contribution is 0.0909. The highest BCUT2D eigenvalue weighted by Gasteiger charge is 2.18.